The van der Waals surface area contributed by atoms with Crippen molar-refractivity contribution < 1.29 is 13.6 Å². The maximum atomic E-state index is 5.64. The molecule has 8 nitrogen and oxygen atoms in total. The summed E-state index contributed by atoms with van der Waals surface area (Å²) in [5, 5.41) is 17.5. The van der Waals surface area contributed by atoms with E-state index in [1.54, 1.807) is 25.5 Å². The lowest BCUT2D eigenvalue weighted by molar-refractivity contribution is 0.415. The summed E-state index contributed by atoms with van der Waals surface area (Å²) >= 11 is 1.46. The first-order valence-corrected chi connectivity index (χ1v) is 9.44. The highest BCUT2D eigenvalue weighted by molar-refractivity contribution is 7.98. The van der Waals surface area contributed by atoms with Crippen LogP contribution >= 0.6 is 11.8 Å². The van der Waals surface area contributed by atoms with Gasteiger partial charge in [0.05, 0.1) is 19.1 Å². The van der Waals surface area contributed by atoms with Crippen LogP contribution in [0.5, 0.6) is 5.75 Å². The van der Waals surface area contributed by atoms with Crippen LogP contribution in [0.4, 0.5) is 0 Å². The molecule has 4 rings (SSSR count). The molecule has 3 heterocycles. The summed E-state index contributed by atoms with van der Waals surface area (Å²) in [7, 11) is 1.64. The summed E-state index contributed by atoms with van der Waals surface area (Å²) in [4.78, 5) is 0. The molecule has 0 aliphatic rings. The maximum absolute atomic E-state index is 5.64. The Hall–Kier alpha value is -3.33. The topological polar surface area (TPSA) is 92.0 Å². The number of furan rings is 1. The van der Waals surface area contributed by atoms with E-state index in [4.69, 9.17) is 13.6 Å². The van der Waals surface area contributed by atoms with Gasteiger partial charge >= 0.3 is 0 Å². The molecule has 4 aromatic rings. The van der Waals surface area contributed by atoms with Gasteiger partial charge in [-0.05, 0) is 36.4 Å². The zero-order valence-electron chi connectivity index (χ0n) is 15.1. The first-order chi connectivity index (χ1) is 13.8. The van der Waals surface area contributed by atoms with Crippen LogP contribution in [0.3, 0.4) is 0 Å². The minimum atomic E-state index is 0.354. The first-order valence-electron chi connectivity index (χ1n) is 8.46. The minimum Gasteiger partial charge on any atom is -0.497 e. The van der Waals surface area contributed by atoms with Gasteiger partial charge in [-0.1, -0.05) is 17.8 Å². The third kappa shape index (κ3) is 3.70. The molecular formula is C19H17N5O3S. The Kier molecular flexibility index (Phi) is 5.24. The van der Waals surface area contributed by atoms with E-state index in [2.05, 4.69) is 27.0 Å². The zero-order valence-corrected chi connectivity index (χ0v) is 15.9. The van der Waals surface area contributed by atoms with Gasteiger partial charge in [0.15, 0.2) is 16.7 Å². The Morgan fingerprint density at radius 1 is 1.14 bits per heavy atom. The minimum absolute atomic E-state index is 0.354. The molecule has 0 fully saturated rings. The van der Waals surface area contributed by atoms with Crippen molar-refractivity contribution in [3.05, 3.63) is 61.2 Å². The third-order valence-corrected chi connectivity index (χ3v) is 4.85. The van der Waals surface area contributed by atoms with Crippen molar-refractivity contribution in [2.75, 3.05) is 7.11 Å². The molecule has 142 valence electrons. The molecule has 3 aromatic heterocycles. The normalized spacial score (nSPS) is 10.9. The SMILES string of the molecule is C=CCn1c(SCc2nnc(-c3ccco3)o2)nnc1-c1ccc(OC)cc1. The van der Waals surface area contributed by atoms with Crippen molar-refractivity contribution in [2.24, 2.45) is 0 Å². The van der Waals surface area contributed by atoms with Crippen LogP contribution in [0.25, 0.3) is 23.0 Å². The van der Waals surface area contributed by atoms with Crippen molar-refractivity contribution in [3.8, 4) is 28.8 Å². The summed E-state index contributed by atoms with van der Waals surface area (Å²) in [6.45, 7) is 4.41. The maximum Gasteiger partial charge on any atom is 0.283 e. The van der Waals surface area contributed by atoms with Crippen LogP contribution in [0.1, 0.15) is 5.89 Å². The molecule has 28 heavy (non-hydrogen) atoms. The van der Waals surface area contributed by atoms with Gasteiger partial charge in [-0.3, -0.25) is 4.57 Å². The van der Waals surface area contributed by atoms with E-state index in [1.165, 1.54) is 11.8 Å². The average Bonchev–Trinajstić information content (AvgIpc) is 3.47. The fraction of sp³-hybridized carbons (Fsp3) is 0.158. The van der Waals surface area contributed by atoms with Gasteiger partial charge in [0.25, 0.3) is 5.89 Å². The van der Waals surface area contributed by atoms with Crippen LogP contribution in [0.15, 0.2) is 69.3 Å². The van der Waals surface area contributed by atoms with Gasteiger partial charge in [-0.2, -0.15) is 0 Å². The van der Waals surface area contributed by atoms with Gasteiger partial charge in [0.1, 0.15) is 5.75 Å². The third-order valence-electron chi connectivity index (χ3n) is 3.90. The van der Waals surface area contributed by atoms with Gasteiger partial charge in [0, 0.05) is 12.1 Å². The average molecular weight is 395 g/mol. The van der Waals surface area contributed by atoms with Gasteiger partial charge in [-0.25, -0.2) is 0 Å². The number of ether oxygens (including phenoxy) is 1. The Balaban J connectivity index is 1.53. The van der Waals surface area contributed by atoms with Crippen LogP contribution in [-0.4, -0.2) is 32.1 Å². The molecule has 9 heteroatoms. The second kappa shape index (κ2) is 8.13. The highest BCUT2D eigenvalue weighted by Crippen LogP contribution is 2.28. The molecule has 0 unspecified atom stereocenters. The fourth-order valence-electron chi connectivity index (χ4n) is 2.58. The molecule has 0 amide bonds. The van der Waals surface area contributed by atoms with E-state index in [0.717, 1.165) is 22.3 Å². The lowest BCUT2D eigenvalue weighted by Gasteiger charge is -2.07. The van der Waals surface area contributed by atoms with Crippen LogP contribution in [-0.2, 0) is 12.3 Å². The lowest BCUT2D eigenvalue weighted by atomic mass is 10.2. The number of aromatic nitrogens is 5. The molecule has 0 aliphatic carbocycles. The number of nitrogens with zero attached hydrogens (tertiary/aromatic N) is 5. The van der Waals surface area contributed by atoms with E-state index in [0.29, 0.717) is 29.8 Å². The largest absolute Gasteiger partial charge is 0.497 e. The Labute approximate surface area is 165 Å². The highest BCUT2D eigenvalue weighted by Gasteiger charge is 2.16. The standard InChI is InChI=1S/C19H17N5O3S/c1-3-10-24-17(13-6-8-14(25-2)9-7-13)21-23-19(24)28-12-16-20-22-18(27-16)15-5-4-11-26-15/h3-9,11H,1,10,12H2,2H3. The molecule has 0 bridgehead atoms. The Bertz CT molecular complexity index is 1050. The summed E-state index contributed by atoms with van der Waals surface area (Å²) in [5.74, 6) is 3.39. The predicted molar refractivity (Wildman–Crippen MR) is 104 cm³/mol. The quantitative estimate of drug-likeness (QED) is 0.326. The van der Waals surface area contributed by atoms with E-state index in [1.807, 2.05) is 34.9 Å². The molecule has 1 aromatic carbocycles. The van der Waals surface area contributed by atoms with Crippen molar-refractivity contribution >= 4 is 11.8 Å². The molecule has 0 spiro atoms. The molecule has 0 saturated heterocycles. The van der Waals surface area contributed by atoms with E-state index >= 15 is 0 Å². The van der Waals surface area contributed by atoms with E-state index in [9.17, 15) is 0 Å². The predicted octanol–water partition coefficient (Wildman–Crippen LogP) is 4.08. The van der Waals surface area contributed by atoms with Crippen LogP contribution in [0, 0.1) is 0 Å². The second-order valence-electron chi connectivity index (χ2n) is 5.70. The summed E-state index contributed by atoms with van der Waals surface area (Å²) in [5.41, 5.74) is 0.944. The molecular weight excluding hydrogens is 378 g/mol. The fourth-order valence-corrected chi connectivity index (χ4v) is 3.37. The second-order valence-corrected chi connectivity index (χ2v) is 6.64. The zero-order chi connectivity index (χ0) is 19.3. The van der Waals surface area contributed by atoms with Gasteiger partial charge < -0.3 is 13.6 Å². The Morgan fingerprint density at radius 2 is 2.00 bits per heavy atom. The van der Waals surface area contributed by atoms with Gasteiger partial charge in [0.2, 0.25) is 5.89 Å². The van der Waals surface area contributed by atoms with Gasteiger partial charge in [-0.15, -0.1) is 27.0 Å². The van der Waals surface area contributed by atoms with Crippen LogP contribution < -0.4 is 4.74 Å². The molecule has 0 N–H and O–H groups in total. The molecule has 0 atom stereocenters. The van der Waals surface area contributed by atoms with Crippen LogP contribution in [0.2, 0.25) is 0 Å². The smallest absolute Gasteiger partial charge is 0.283 e. The number of hydrogen-bond donors (Lipinski definition) is 0. The summed E-state index contributed by atoms with van der Waals surface area (Å²) in [6, 6.07) is 11.2. The number of allylic oxidation sites excluding steroid dienone is 1. The Morgan fingerprint density at radius 3 is 2.71 bits per heavy atom. The number of benzene rings is 1. The van der Waals surface area contributed by atoms with Crippen molar-refractivity contribution in [3.63, 3.8) is 0 Å². The first kappa shape index (κ1) is 18.1. The molecule has 0 saturated carbocycles. The molecule has 0 aliphatic heterocycles. The van der Waals surface area contributed by atoms with E-state index in [-0.39, 0.29) is 0 Å². The van der Waals surface area contributed by atoms with Crippen molar-refractivity contribution in [1.82, 2.24) is 25.0 Å². The van der Waals surface area contributed by atoms with Crippen molar-refractivity contribution in [2.45, 2.75) is 17.5 Å². The van der Waals surface area contributed by atoms with E-state index < -0.39 is 0 Å². The van der Waals surface area contributed by atoms with Crippen molar-refractivity contribution in [1.29, 1.82) is 0 Å². The monoisotopic (exact) mass is 395 g/mol. The molecule has 0 radical (unpaired) electrons. The lowest BCUT2D eigenvalue weighted by Crippen LogP contribution is -2.00. The number of hydrogen-bond acceptors (Lipinski definition) is 8. The number of rotatable bonds is 8. The summed E-state index contributed by atoms with van der Waals surface area (Å²) in [6.07, 6.45) is 3.37. The number of methoxy groups -OCH3 is 1. The summed E-state index contributed by atoms with van der Waals surface area (Å²) < 4.78 is 18.1. The highest BCUT2D eigenvalue weighted by atomic mass is 32.2. The number of thioether (sulfide) groups is 1.